The number of hydrogen-bond acceptors (Lipinski definition) is 6. The van der Waals surface area contributed by atoms with Gasteiger partial charge in [0.15, 0.2) is 17.3 Å². The van der Waals surface area contributed by atoms with Crippen LogP contribution < -0.4 is 18.9 Å². The molecule has 2 heterocycles. The fourth-order valence-corrected chi connectivity index (χ4v) is 4.33. The Morgan fingerprint density at radius 3 is 2.47 bits per heavy atom. The molecule has 1 aromatic heterocycles. The number of carbonyl (C=O) groups excluding carboxylic acids is 1. The van der Waals surface area contributed by atoms with Crippen LogP contribution in [-0.4, -0.2) is 25.1 Å². The predicted molar refractivity (Wildman–Crippen MR) is 119 cm³/mol. The second-order valence-electron chi connectivity index (χ2n) is 7.57. The molecule has 0 saturated carbocycles. The first-order chi connectivity index (χ1) is 14.4. The van der Waals surface area contributed by atoms with Crippen LogP contribution in [0.4, 0.5) is 0 Å². The Morgan fingerprint density at radius 1 is 1.03 bits per heavy atom. The summed E-state index contributed by atoms with van der Waals surface area (Å²) in [7, 11) is 1.54. The fourth-order valence-electron chi connectivity index (χ4n) is 3.41. The number of thiophene rings is 1. The maximum atomic E-state index is 13.3. The zero-order valence-corrected chi connectivity index (χ0v) is 18.5. The maximum absolute atomic E-state index is 13.3. The Morgan fingerprint density at radius 2 is 1.77 bits per heavy atom. The fraction of sp³-hybridized carbons (Fsp3) is 0.292. The number of ether oxygens (including phenoxy) is 4. The van der Waals surface area contributed by atoms with Crippen LogP contribution >= 0.6 is 11.3 Å². The minimum absolute atomic E-state index is 0.0758. The molecule has 6 heteroatoms. The van der Waals surface area contributed by atoms with Gasteiger partial charge >= 0.3 is 0 Å². The SMILES string of the molecule is COc1c(OC(C)C)cc2c(c1OC(C)C)C(=O)/C(=C/c1csc3ccccc13)O2. The standard InChI is InChI=1S/C24H24O5S/c1-13(2)27-19-11-17-21(24(23(19)26-5)28-14(3)4)22(25)18(29-17)10-15-12-30-20-9-7-6-8-16(15)20/h6-14H,1-5H3/b18-10-. The molecule has 0 spiro atoms. The van der Waals surface area contributed by atoms with Crippen LogP contribution in [0.3, 0.4) is 0 Å². The summed E-state index contributed by atoms with van der Waals surface area (Å²) < 4.78 is 24.6. The van der Waals surface area contributed by atoms with E-state index in [9.17, 15) is 4.79 Å². The highest BCUT2D eigenvalue weighted by atomic mass is 32.1. The number of methoxy groups -OCH3 is 1. The number of allylic oxidation sites excluding steroid dienone is 1. The van der Waals surface area contributed by atoms with Gasteiger partial charge in [0.25, 0.3) is 0 Å². The van der Waals surface area contributed by atoms with Crippen molar-refractivity contribution >= 4 is 33.3 Å². The first-order valence-corrected chi connectivity index (χ1v) is 10.8. The molecule has 0 fully saturated rings. The van der Waals surface area contributed by atoms with Crippen molar-refractivity contribution < 1.29 is 23.7 Å². The van der Waals surface area contributed by atoms with Crippen molar-refractivity contribution in [2.24, 2.45) is 0 Å². The molecule has 5 nitrogen and oxygen atoms in total. The second kappa shape index (κ2) is 8.03. The van der Waals surface area contributed by atoms with Crippen LogP contribution in [0.15, 0.2) is 41.5 Å². The summed E-state index contributed by atoms with van der Waals surface area (Å²) in [6.45, 7) is 7.65. The summed E-state index contributed by atoms with van der Waals surface area (Å²) in [5.74, 6) is 1.67. The number of rotatable bonds is 6. The molecule has 0 atom stereocenters. The molecule has 0 amide bonds. The Hall–Kier alpha value is -2.99. The Labute approximate surface area is 179 Å². The van der Waals surface area contributed by atoms with E-state index >= 15 is 0 Å². The molecule has 4 rings (SSSR count). The summed E-state index contributed by atoms with van der Waals surface area (Å²) >= 11 is 1.63. The summed E-state index contributed by atoms with van der Waals surface area (Å²) in [6, 6.07) is 9.78. The van der Waals surface area contributed by atoms with Crippen LogP contribution in [0.25, 0.3) is 16.2 Å². The number of ketones is 1. The van der Waals surface area contributed by atoms with Crippen LogP contribution in [0.1, 0.15) is 43.6 Å². The molecule has 1 aliphatic rings. The molecule has 0 saturated heterocycles. The van der Waals surface area contributed by atoms with E-state index in [0.717, 1.165) is 15.6 Å². The maximum Gasteiger partial charge on any atom is 0.235 e. The summed E-state index contributed by atoms with van der Waals surface area (Å²) in [6.07, 6.45) is 1.56. The van der Waals surface area contributed by atoms with Gasteiger partial charge in [0.1, 0.15) is 11.3 Å². The number of benzene rings is 2. The van der Waals surface area contributed by atoms with Gasteiger partial charge in [0.2, 0.25) is 11.5 Å². The third-order valence-corrected chi connectivity index (χ3v) is 5.54. The van der Waals surface area contributed by atoms with Crippen molar-refractivity contribution in [3.8, 4) is 23.0 Å². The van der Waals surface area contributed by atoms with Gasteiger partial charge < -0.3 is 18.9 Å². The van der Waals surface area contributed by atoms with Crippen molar-refractivity contribution in [2.75, 3.05) is 7.11 Å². The first-order valence-electron chi connectivity index (χ1n) is 9.87. The highest BCUT2D eigenvalue weighted by molar-refractivity contribution is 7.17. The Balaban J connectivity index is 1.83. The van der Waals surface area contributed by atoms with Gasteiger partial charge in [0, 0.05) is 10.8 Å². The van der Waals surface area contributed by atoms with Gasteiger partial charge in [-0.3, -0.25) is 4.79 Å². The number of carbonyl (C=O) groups is 1. The van der Waals surface area contributed by atoms with Gasteiger partial charge in [-0.15, -0.1) is 11.3 Å². The van der Waals surface area contributed by atoms with Crippen LogP contribution in [0, 0.1) is 0 Å². The Bertz CT molecular complexity index is 1140. The quantitative estimate of drug-likeness (QED) is 0.448. The molecule has 156 valence electrons. The normalized spacial score (nSPS) is 14.5. The largest absolute Gasteiger partial charge is 0.490 e. The third kappa shape index (κ3) is 3.63. The lowest BCUT2D eigenvalue weighted by Gasteiger charge is -2.20. The van der Waals surface area contributed by atoms with E-state index in [1.165, 1.54) is 7.11 Å². The van der Waals surface area contributed by atoms with Crippen LogP contribution in [0.5, 0.6) is 23.0 Å². The second-order valence-corrected chi connectivity index (χ2v) is 8.48. The van der Waals surface area contributed by atoms with Crippen molar-refractivity contribution in [2.45, 2.75) is 39.9 Å². The van der Waals surface area contributed by atoms with E-state index < -0.39 is 0 Å². The number of fused-ring (bicyclic) bond motifs is 2. The molecule has 0 unspecified atom stereocenters. The Kier molecular flexibility index (Phi) is 5.43. The van der Waals surface area contributed by atoms with Crippen molar-refractivity contribution in [3.63, 3.8) is 0 Å². The lowest BCUT2D eigenvalue weighted by atomic mass is 10.1. The average Bonchev–Trinajstić information content (AvgIpc) is 3.23. The molecule has 3 aromatic rings. The van der Waals surface area contributed by atoms with E-state index in [2.05, 4.69) is 6.07 Å². The average molecular weight is 425 g/mol. The van der Waals surface area contributed by atoms with E-state index in [0.29, 0.717) is 28.6 Å². The monoisotopic (exact) mass is 424 g/mol. The molecular weight excluding hydrogens is 400 g/mol. The van der Waals surface area contributed by atoms with Crippen LogP contribution in [-0.2, 0) is 0 Å². The highest BCUT2D eigenvalue weighted by Gasteiger charge is 2.36. The first kappa shape index (κ1) is 20.3. The minimum Gasteiger partial charge on any atom is -0.490 e. The topological polar surface area (TPSA) is 54.0 Å². The van der Waals surface area contributed by atoms with Crippen molar-refractivity contribution in [3.05, 3.63) is 52.6 Å². The zero-order chi connectivity index (χ0) is 21.4. The lowest BCUT2D eigenvalue weighted by molar-refractivity contribution is 0.101. The molecule has 30 heavy (non-hydrogen) atoms. The lowest BCUT2D eigenvalue weighted by Crippen LogP contribution is -2.12. The summed E-state index contributed by atoms with van der Waals surface area (Å²) in [5, 5.41) is 3.11. The molecule has 2 aromatic carbocycles. The van der Waals surface area contributed by atoms with E-state index in [4.69, 9.17) is 18.9 Å². The molecule has 0 N–H and O–H groups in total. The van der Waals surface area contributed by atoms with Gasteiger partial charge in [-0.05, 0) is 56.2 Å². The van der Waals surface area contributed by atoms with Crippen LogP contribution in [0.2, 0.25) is 0 Å². The third-order valence-electron chi connectivity index (χ3n) is 4.55. The highest BCUT2D eigenvalue weighted by Crippen LogP contribution is 2.50. The van der Waals surface area contributed by atoms with Crippen molar-refractivity contribution in [1.29, 1.82) is 0 Å². The van der Waals surface area contributed by atoms with Crippen molar-refractivity contribution in [1.82, 2.24) is 0 Å². The molecule has 0 aliphatic carbocycles. The molecular formula is C24H24O5S. The number of hydrogen-bond donors (Lipinski definition) is 0. The molecule has 0 bridgehead atoms. The molecule has 1 aliphatic heterocycles. The predicted octanol–water partition coefficient (Wildman–Crippen LogP) is 6.10. The van der Waals surface area contributed by atoms with Gasteiger partial charge in [0.05, 0.1) is 19.3 Å². The zero-order valence-electron chi connectivity index (χ0n) is 17.6. The molecule has 0 radical (unpaired) electrons. The summed E-state index contributed by atoms with van der Waals surface area (Å²) in [4.78, 5) is 13.3. The smallest absolute Gasteiger partial charge is 0.235 e. The van der Waals surface area contributed by atoms with Gasteiger partial charge in [-0.2, -0.15) is 0 Å². The van der Waals surface area contributed by atoms with E-state index in [-0.39, 0.29) is 23.8 Å². The van der Waals surface area contributed by atoms with Gasteiger partial charge in [-0.25, -0.2) is 0 Å². The summed E-state index contributed by atoms with van der Waals surface area (Å²) in [5.41, 5.74) is 1.31. The van der Waals surface area contributed by atoms with Gasteiger partial charge in [-0.1, -0.05) is 18.2 Å². The minimum atomic E-state index is -0.231. The van der Waals surface area contributed by atoms with E-state index in [1.54, 1.807) is 23.5 Å². The number of Topliss-reactive ketones (excluding diaryl/α,β-unsaturated/α-hetero) is 1. The van der Waals surface area contributed by atoms with E-state index in [1.807, 2.05) is 51.3 Å².